The van der Waals surface area contributed by atoms with Crippen LogP contribution < -0.4 is 10.6 Å². The number of nitrogens with zero attached hydrogens (tertiary/aromatic N) is 1. The molecular weight excluding hydrogens is 238 g/mol. The van der Waals surface area contributed by atoms with Crippen molar-refractivity contribution in [1.82, 2.24) is 15.5 Å². The Labute approximate surface area is 117 Å². The lowest BCUT2D eigenvalue weighted by atomic mass is 9.81. The van der Waals surface area contributed by atoms with Crippen molar-refractivity contribution in [3.8, 4) is 0 Å². The summed E-state index contributed by atoms with van der Waals surface area (Å²) in [5, 5.41) is 6.43. The minimum Gasteiger partial charge on any atom is -0.355 e. The Balaban J connectivity index is 1.56. The summed E-state index contributed by atoms with van der Waals surface area (Å²) in [5.74, 6) is 1.70. The number of hydrogen-bond donors (Lipinski definition) is 2. The molecule has 2 rings (SSSR count). The van der Waals surface area contributed by atoms with Gasteiger partial charge in [0.2, 0.25) is 5.91 Å². The summed E-state index contributed by atoms with van der Waals surface area (Å²) in [6.07, 6.45) is 5.88. The Morgan fingerprint density at radius 1 is 1.32 bits per heavy atom. The van der Waals surface area contributed by atoms with Crippen molar-refractivity contribution in [2.24, 2.45) is 11.8 Å². The molecular formula is C15H29N3O. The van der Waals surface area contributed by atoms with E-state index in [4.69, 9.17) is 0 Å². The zero-order chi connectivity index (χ0) is 13.5. The molecule has 2 atom stereocenters. The maximum atomic E-state index is 11.9. The van der Waals surface area contributed by atoms with Gasteiger partial charge in [-0.05, 0) is 24.7 Å². The third-order valence-electron chi connectivity index (χ3n) is 4.48. The van der Waals surface area contributed by atoms with Gasteiger partial charge in [0.15, 0.2) is 0 Å². The molecule has 1 aliphatic carbocycles. The van der Waals surface area contributed by atoms with Gasteiger partial charge in [-0.25, -0.2) is 0 Å². The van der Waals surface area contributed by atoms with E-state index in [1.54, 1.807) is 0 Å². The van der Waals surface area contributed by atoms with E-state index >= 15 is 0 Å². The van der Waals surface area contributed by atoms with Gasteiger partial charge in [-0.1, -0.05) is 19.8 Å². The third-order valence-corrected chi connectivity index (χ3v) is 4.48. The molecule has 2 N–H and O–H groups in total. The van der Waals surface area contributed by atoms with Crippen LogP contribution in [-0.4, -0.2) is 50.1 Å². The highest BCUT2D eigenvalue weighted by Crippen LogP contribution is 2.30. The first kappa shape index (κ1) is 14.8. The summed E-state index contributed by atoms with van der Waals surface area (Å²) in [4.78, 5) is 14.3. The fraction of sp³-hybridized carbons (Fsp3) is 0.933. The quantitative estimate of drug-likeness (QED) is 0.787. The molecule has 1 aliphatic heterocycles. The predicted molar refractivity (Wildman–Crippen MR) is 78.1 cm³/mol. The van der Waals surface area contributed by atoms with Crippen LogP contribution in [0.25, 0.3) is 0 Å². The second-order valence-electron chi connectivity index (χ2n) is 6.28. The molecule has 0 aromatic heterocycles. The summed E-state index contributed by atoms with van der Waals surface area (Å²) in [7, 11) is 0. The van der Waals surface area contributed by atoms with E-state index in [1.807, 2.05) is 0 Å². The largest absolute Gasteiger partial charge is 0.355 e. The summed E-state index contributed by atoms with van der Waals surface area (Å²) in [6, 6.07) is 0. The van der Waals surface area contributed by atoms with Crippen LogP contribution in [-0.2, 0) is 4.79 Å². The fourth-order valence-electron chi connectivity index (χ4n) is 3.37. The van der Waals surface area contributed by atoms with Gasteiger partial charge in [-0.15, -0.1) is 0 Å². The first-order valence-corrected chi connectivity index (χ1v) is 7.94. The first-order valence-electron chi connectivity index (χ1n) is 7.94. The van der Waals surface area contributed by atoms with Gasteiger partial charge < -0.3 is 10.6 Å². The molecule has 0 bridgehead atoms. The Bertz CT molecular complexity index is 277. The Morgan fingerprint density at radius 2 is 2.11 bits per heavy atom. The van der Waals surface area contributed by atoms with E-state index < -0.39 is 0 Å². The molecule has 19 heavy (non-hydrogen) atoms. The molecule has 2 unspecified atom stereocenters. The van der Waals surface area contributed by atoms with Gasteiger partial charge in [0.1, 0.15) is 0 Å². The zero-order valence-electron chi connectivity index (χ0n) is 12.3. The Morgan fingerprint density at radius 3 is 2.84 bits per heavy atom. The molecule has 1 saturated carbocycles. The highest BCUT2D eigenvalue weighted by Gasteiger charge is 2.21. The Kier molecular flexibility index (Phi) is 6.11. The van der Waals surface area contributed by atoms with Crippen LogP contribution in [0.15, 0.2) is 0 Å². The van der Waals surface area contributed by atoms with Crippen LogP contribution >= 0.6 is 0 Å². The molecule has 2 aliphatic rings. The molecule has 1 amide bonds. The maximum Gasteiger partial charge on any atom is 0.220 e. The fourth-order valence-corrected chi connectivity index (χ4v) is 3.37. The van der Waals surface area contributed by atoms with Gasteiger partial charge >= 0.3 is 0 Å². The van der Waals surface area contributed by atoms with Crippen molar-refractivity contribution in [2.45, 2.75) is 39.0 Å². The number of amides is 1. The molecule has 1 heterocycles. The van der Waals surface area contributed by atoms with E-state index in [0.717, 1.165) is 51.6 Å². The first-order chi connectivity index (χ1) is 9.24. The molecule has 2 fully saturated rings. The molecule has 1 saturated heterocycles. The molecule has 0 aromatic rings. The molecule has 0 aromatic carbocycles. The normalized spacial score (nSPS) is 29.1. The second kappa shape index (κ2) is 7.85. The van der Waals surface area contributed by atoms with Crippen LogP contribution in [0, 0.1) is 11.8 Å². The lowest BCUT2D eigenvalue weighted by molar-refractivity contribution is -0.122. The molecule has 110 valence electrons. The van der Waals surface area contributed by atoms with Crippen molar-refractivity contribution < 1.29 is 4.79 Å². The van der Waals surface area contributed by atoms with Gasteiger partial charge in [-0.2, -0.15) is 0 Å². The topological polar surface area (TPSA) is 44.4 Å². The van der Waals surface area contributed by atoms with Crippen molar-refractivity contribution in [3.05, 3.63) is 0 Å². The maximum absolute atomic E-state index is 11.9. The zero-order valence-corrected chi connectivity index (χ0v) is 12.3. The summed E-state index contributed by atoms with van der Waals surface area (Å²) < 4.78 is 0. The van der Waals surface area contributed by atoms with Gasteiger partial charge in [0.25, 0.3) is 0 Å². The highest BCUT2D eigenvalue weighted by atomic mass is 16.1. The van der Waals surface area contributed by atoms with E-state index in [0.29, 0.717) is 5.92 Å². The van der Waals surface area contributed by atoms with E-state index in [2.05, 4.69) is 22.5 Å². The molecule has 4 nitrogen and oxygen atoms in total. The Hall–Kier alpha value is -0.610. The smallest absolute Gasteiger partial charge is 0.220 e. The minimum absolute atomic E-state index is 0.259. The highest BCUT2D eigenvalue weighted by molar-refractivity contribution is 5.76. The van der Waals surface area contributed by atoms with Crippen molar-refractivity contribution in [1.29, 1.82) is 0 Å². The van der Waals surface area contributed by atoms with Gasteiger partial charge in [-0.3, -0.25) is 9.69 Å². The van der Waals surface area contributed by atoms with E-state index in [-0.39, 0.29) is 5.91 Å². The number of hydrogen-bond acceptors (Lipinski definition) is 3. The van der Waals surface area contributed by atoms with Crippen LogP contribution in [0.2, 0.25) is 0 Å². The summed E-state index contributed by atoms with van der Waals surface area (Å²) in [6.45, 7) is 8.48. The predicted octanol–water partition coefficient (Wildman–Crippen LogP) is 1.22. The van der Waals surface area contributed by atoms with Crippen molar-refractivity contribution in [2.75, 3.05) is 39.3 Å². The van der Waals surface area contributed by atoms with Crippen LogP contribution in [0.1, 0.15) is 39.0 Å². The lowest BCUT2D eigenvalue weighted by Gasteiger charge is -2.28. The van der Waals surface area contributed by atoms with Gasteiger partial charge in [0, 0.05) is 45.7 Å². The molecule has 4 heteroatoms. The second-order valence-corrected chi connectivity index (χ2v) is 6.28. The van der Waals surface area contributed by atoms with Crippen LogP contribution in [0.4, 0.5) is 0 Å². The SMILES string of the molecule is CC1CCCC(CC(=O)NCCN2CCNCC2)C1. The molecule has 0 spiro atoms. The van der Waals surface area contributed by atoms with Crippen molar-refractivity contribution >= 4 is 5.91 Å². The van der Waals surface area contributed by atoms with Gasteiger partial charge in [0.05, 0.1) is 0 Å². The average Bonchev–Trinajstić information content (AvgIpc) is 2.40. The van der Waals surface area contributed by atoms with E-state index in [9.17, 15) is 4.79 Å². The lowest BCUT2D eigenvalue weighted by Crippen LogP contribution is -2.46. The number of carbonyl (C=O) groups excluding carboxylic acids is 1. The number of nitrogens with one attached hydrogen (secondary N) is 2. The number of rotatable bonds is 5. The minimum atomic E-state index is 0.259. The van der Waals surface area contributed by atoms with Crippen LogP contribution in [0.5, 0.6) is 0 Å². The number of piperazine rings is 1. The number of carbonyl (C=O) groups is 1. The average molecular weight is 267 g/mol. The monoisotopic (exact) mass is 267 g/mol. The standard InChI is InChI=1S/C15H29N3O/c1-13-3-2-4-14(11-13)12-15(19)17-7-10-18-8-5-16-6-9-18/h13-14,16H,2-12H2,1H3,(H,17,19). The summed E-state index contributed by atoms with van der Waals surface area (Å²) in [5.41, 5.74) is 0. The summed E-state index contributed by atoms with van der Waals surface area (Å²) >= 11 is 0. The van der Waals surface area contributed by atoms with Crippen LogP contribution in [0.3, 0.4) is 0 Å². The molecule has 0 radical (unpaired) electrons. The third kappa shape index (κ3) is 5.49. The van der Waals surface area contributed by atoms with Crippen molar-refractivity contribution in [3.63, 3.8) is 0 Å². The van der Waals surface area contributed by atoms with E-state index in [1.165, 1.54) is 25.7 Å².